The topological polar surface area (TPSA) is 85.6 Å². The van der Waals surface area contributed by atoms with Gasteiger partial charge in [-0.1, -0.05) is 34.6 Å². The molecule has 1 aromatic carbocycles. The van der Waals surface area contributed by atoms with Crippen LogP contribution in [0.2, 0.25) is 5.02 Å². The standard InChI is InChI=1S/C19H21ClN6OS/c1-5-21-18(27)17-16(10-28-19-22-12(3)8-13(4)23-19)26(25-24-17)14-7-6-11(2)15(20)9-14/h6-9H,5,10H2,1-4H3,(H,21,27). The van der Waals surface area contributed by atoms with E-state index in [0.29, 0.717) is 28.2 Å². The summed E-state index contributed by atoms with van der Waals surface area (Å²) in [5.74, 6) is 0.178. The van der Waals surface area contributed by atoms with Crippen molar-refractivity contribution in [1.29, 1.82) is 0 Å². The number of amides is 1. The van der Waals surface area contributed by atoms with E-state index in [2.05, 4.69) is 25.6 Å². The lowest BCUT2D eigenvalue weighted by Gasteiger charge is -2.09. The molecule has 0 aliphatic rings. The molecule has 0 spiro atoms. The van der Waals surface area contributed by atoms with Crippen molar-refractivity contribution in [3.63, 3.8) is 0 Å². The molecule has 3 rings (SSSR count). The molecule has 9 heteroatoms. The van der Waals surface area contributed by atoms with Gasteiger partial charge in [0.05, 0.1) is 11.4 Å². The van der Waals surface area contributed by atoms with Crippen LogP contribution in [0.5, 0.6) is 0 Å². The number of aryl methyl sites for hydroxylation is 3. The average molecular weight is 417 g/mol. The molecule has 7 nitrogen and oxygen atoms in total. The minimum atomic E-state index is -0.260. The van der Waals surface area contributed by atoms with Crippen LogP contribution in [0.25, 0.3) is 5.69 Å². The van der Waals surface area contributed by atoms with Crippen molar-refractivity contribution in [2.45, 2.75) is 38.6 Å². The number of carbonyl (C=O) groups is 1. The smallest absolute Gasteiger partial charge is 0.273 e. The summed E-state index contributed by atoms with van der Waals surface area (Å²) >= 11 is 7.71. The summed E-state index contributed by atoms with van der Waals surface area (Å²) in [5, 5.41) is 12.4. The normalized spacial score (nSPS) is 10.9. The van der Waals surface area contributed by atoms with E-state index in [4.69, 9.17) is 11.6 Å². The fourth-order valence-electron chi connectivity index (χ4n) is 2.66. The van der Waals surface area contributed by atoms with Crippen LogP contribution in [0.15, 0.2) is 29.4 Å². The van der Waals surface area contributed by atoms with Gasteiger partial charge in [0, 0.05) is 28.7 Å². The quantitative estimate of drug-likeness (QED) is 0.487. The third kappa shape index (κ3) is 4.51. The lowest BCUT2D eigenvalue weighted by Crippen LogP contribution is -2.24. The Morgan fingerprint density at radius 3 is 2.54 bits per heavy atom. The summed E-state index contributed by atoms with van der Waals surface area (Å²) in [6, 6.07) is 7.55. The maximum absolute atomic E-state index is 12.5. The summed E-state index contributed by atoms with van der Waals surface area (Å²) in [7, 11) is 0. The number of benzene rings is 1. The average Bonchev–Trinajstić information content (AvgIpc) is 3.05. The minimum absolute atomic E-state index is 0.260. The SMILES string of the molecule is CCNC(=O)c1nnn(-c2ccc(C)c(Cl)c2)c1CSc1nc(C)cc(C)n1. The Bertz CT molecular complexity index is 999. The second kappa shape index (κ2) is 8.70. The van der Waals surface area contributed by atoms with Crippen LogP contribution in [0.4, 0.5) is 0 Å². The molecule has 0 saturated carbocycles. The van der Waals surface area contributed by atoms with Crippen molar-refractivity contribution < 1.29 is 4.79 Å². The lowest BCUT2D eigenvalue weighted by atomic mass is 10.2. The molecule has 0 bridgehead atoms. The summed E-state index contributed by atoms with van der Waals surface area (Å²) in [4.78, 5) is 21.4. The lowest BCUT2D eigenvalue weighted by molar-refractivity contribution is 0.0950. The maximum atomic E-state index is 12.5. The second-order valence-electron chi connectivity index (χ2n) is 6.31. The molecule has 1 N–H and O–H groups in total. The van der Waals surface area contributed by atoms with Crippen molar-refractivity contribution in [2.24, 2.45) is 0 Å². The first-order valence-corrected chi connectivity index (χ1v) is 10.2. The fraction of sp³-hybridized carbons (Fsp3) is 0.316. The molecule has 1 amide bonds. The largest absolute Gasteiger partial charge is 0.351 e. The molecular weight excluding hydrogens is 396 g/mol. The van der Waals surface area contributed by atoms with Crippen molar-refractivity contribution in [3.8, 4) is 5.69 Å². The first-order chi connectivity index (χ1) is 13.4. The first-order valence-electron chi connectivity index (χ1n) is 8.83. The van der Waals surface area contributed by atoms with Crippen molar-refractivity contribution in [1.82, 2.24) is 30.3 Å². The number of hydrogen-bond donors (Lipinski definition) is 1. The van der Waals surface area contributed by atoms with E-state index in [9.17, 15) is 4.79 Å². The Kier molecular flexibility index (Phi) is 6.31. The Balaban J connectivity index is 1.98. The van der Waals surface area contributed by atoms with Crippen LogP contribution in [0, 0.1) is 20.8 Å². The molecule has 0 unspecified atom stereocenters. The monoisotopic (exact) mass is 416 g/mol. The second-order valence-corrected chi connectivity index (χ2v) is 7.66. The van der Waals surface area contributed by atoms with Crippen molar-refractivity contribution in [3.05, 3.63) is 57.6 Å². The molecule has 0 saturated heterocycles. The number of hydrogen-bond acceptors (Lipinski definition) is 6. The van der Waals surface area contributed by atoms with Gasteiger partial charge in [-0.05, 0) is 51.5 Å². The van der Waals surface area contributed by atoms with Crippen LogP contribution >= 0.6 is 23.4 Å². The predicted octanol–water partition coefficient (Wildman–Crippen LogP) is 3.68. The maximum Gasteiger partial charge on any atom is 0.273 e. The molecule has 2 heterocycles. The number of carbonyl (C=O) groups excluding carboxylic acids is 1. The zero-order chi connectivity index (χ0) is 20.3. The number of rotatable bonds is 6. The van der Waals surface area contributed by atoms with E-state index in [1.54, 1.807) is 4.68 Å². The van der Waals surface area contributed by atoms with E-state index >= 15 is 0 Å². The third-order valence-electron chi connectivity index (χ3n) is 4.02. The summed E-state index contributed by atoms with van der Waals surface area (Å²) in [6.45, 7) is 8.16. The minimum Gasteiger partial charge on any atom is -0.351 e. The Hall–Kier alpha value is -2.45. The zero-order valence-corrected chi connectivity index (χ0v) is 17.7. The van der Waals surface area contributed by atoms with Gasteiger partial charge in [-0.2, -0.15) is 0 Å². The molecule has 0 aliphatic carbocycles. The van der Waals surface area contributed by atoms with E-state index < -0.39 is 0 Å². The van der Waals surface area contributed by atoms with E-state index in [-0.39, 0.29) is 11.6 Å². The van der Waals surface area contributed by atoms with Gasteiger partial charge in [-0.25, -0.2) is 14.6 Å². The summed E-state index contributed by atoms with van der Waals surface area (Å²) in [6.07, 6.45) is 0. The first kappa shape index (κ1) is 20.3. The highest BCUT2D eigenvalue weighted by molar-refractivity contribution is 7.98. The molecule has 2 aromatic heterocycles. The Morgan fingerprint density at radius 2 is 1.89 bits per heavy atom. The Labute approximate surface area is 172 Å². The summed E-state index contributed by atoms with van der Waals surface area (Å²) < 4.78 is 1.64. The van der Waals surface area contributed by atoms with Crippen LogP contribution in [0.3, 0.4) is 0 Å². The van der Waals surface area contributed by atoms with E-state index in [0.717, 1.165) is 22.6 Å². The highest BCUT2D eigenvalue weighted by Crippen LogP contribution is 2.25. The van der Waals surface area contributed by atoms with Gasteiger partial charge in [0.1, 0.15) is 0 Å². The predicted molar refractivity (Wildman–Crippen MR) is 110 cm³/mol. The molecular formula is C19H21ClN6OS. The van der Waals surface area contributed by atoms with Crippen LogP contribution in [0.1, 0.15) is 40.1 Å². The number of thioether (sulfide) groups is 1. The van der Waals surface area contributed by atoms with Gasteiger partial charge in [0.15, 0.2) is 10.9 Å². The zero-order valence-electron chi connectivity index (χ0n) is 16.2. The number of nitrogens with zero attached hydrogens (tertiary/aromatic N) is 5. The third-order valence-corrected chi connectivity index (χ3v) is 5.28. The molecule has 0 aliphatic heterocycles. The number of halogens is 1. The number of aromatic nitrogens is 5. The van der Waals surface area contributed by atoms with Crippen molar-refractivity contribution >= 4 is 29.3 Å². The Morgan fingerprint density at radius 1 is 1.18 bits per heavy atom. The fourth-order valence-corrected chi connectivity index (χ4v) is 3.78. The van der Waals surface area contributed by atoms with Crippen LogP contribution in [-0.4, -0.2) is 37.4 Å². The van der Waals surface area contributed by atoms with Gasteiger partial charge in [-0.15, -0.1) is 5.10 Å². The van der Waals surface area contributed by atoms with Crippen LogP contribution < -0.4 is 5.32 Å². The molecule has 3 aromatic rings. The molecule has 28 heavy (non-hydrogen) atoms. The van der Waals surface area contributed by atoms with Gasteiger partial charge in [-0.3, -0.25) is 4.79 Å². The van der Waals surface area contributed by atoms with Crippen LogP contribution in [-0.2, 0) is 5.75 Å². The van der Waals surface area contributed by atoms with Gasteiger partial charge in [0.25, 0.3) is 5.91 Å². The summed E-state index contributed by atoms with van der Waals surface area (Å²) in [5.41, 5.74) is 4.46. The van der Waals surface area contributed by atoms with Gasteiger partial charge < -0.3 is 5.32 Å². The van der Waals surface area contributed by atoms with E-state index in [1.807, 2.05) is 52.0 Å². The molecule has 0 atom stereocenters. The van der Waals surface area contributed by atoms with Gasteiger partial charge >= 0.3 is 0 Å². The van der Waals surface area contributed by atoms with Gasteiger partial charge in [0.2, 0.25) is 0 Å². The van der Waals surface area contributed by atoms with E-state index in [1.165, 1.54) is 11.8 Å². The molecule has 146 valence electrons. The highest BCUT2D eigenvalue weighted by Gasteiger charge is 2.21. The molecule has 0 fully saturated rings. The molecule has 0 radical (unpaired) electrons. The van der Waals surface area contributed by atoms with Crippen molar-refractivity contribution in [2.75, 3.05) is 6.54 Å². The number of nitrogens with one attached hydrogen (secondary N) is 1. The highest BCUT2D eigenvalue weighted by atomic mass is 35.5.